The van der Waals surface area contributed by atoms with Gasteiger partial charge >= 0.3 is 5.97 Å². The molecule has 4 nitrogen and oxygen atoms in total. The zero-order chi connectivity index (χ0) is 15.3. The van der Waals surface area contributed by atoms with Crippen molar-refractivity contribution in [3.05, 3.63) is 72.4 Å². The van der Waals surface area contributed by atoms with E-state index in [0.29, 0.717) is 11.1 Å². The topological polar surface area (TPSA) is 52.6 Å². The number of carbonyl (C=O) groups is 2. The Balaban J connectivity index is 2.15. The van der Waals surface area contributed by atoms with Crippen LogP contribution in [0.15, 0.2) is 66.8 Å². The van der Waals surface area contributed by atoms with E-state index >= 15 is 0 Å². The van der Waals surface area contributed by atoms with E-state index in [1.54, 1.807) is 30.4 Å². The Hall–Kier alpha value is -2.46. The van der Waals surface area contributed by atoms with E-state index in [4.69, 9.17) is 9.47 Å². The fourth-order valence-corrected chi connectivity index (χ4v) is 2.01. The number of rotatable bonds is 5. The standard InChI is InChI=1S/C17H16O4/c1-3-15(18)21-17(20-2)11-9-14(10-12-17)16(19)13-7-5-4-6-8-13/h3-11H,1,12H2,2H3. The first-order valence-corrected chi connectivity index (χ1v) is 6.50. The molecule has 0 amide bonds. The van der Waals surface area contributed by atoms with Crippen LogP contribution in [0.25, 0.3) is 0 Å². The van der Waals surface area contributed by atoms with Gasteiger partial charge < -0.3 is 9.47 Å². The highest BCUT2D eigenvalue weighted by atomic mass is 16.7. The first-order chi connectivity index (χ1) is 10.1. The summed E-state index contributed by atoms with van der Waals surface area (Å²) >= 11 is 0. The number of allylic oxidation sites excluding steroid dienone is 2. The average molecular weight is 284 g/mol. The highest BCUT2D eigenvalue weighted by molar-refractivity contribution is 6.10. The van der Waals surface area contributed by atoms with Crippen LogP contribution in [0.4, 0.5) is 0 Å². The monoisotopic (exact) mass is 284 g/mol. The molecule has 0 aliphatic heterocycles. The lowest BCUT2D eigenvalue weighted by molar-refractivity contribution is -0.194. The number of methoxy groups -OCH3 is 1. The van der Waals surface area contributed by atoms with Gasteiger partial charge in [-0.05, 0) is 12.2 Å². The number of carbonyl (C=O) groups excluding carboxylic acids is 2. The molecule has 0 aromatic heterocycles. The van der Waals surface area contributed by atoms with Crippen LogP contribution in [-0.4, -0.2) is 24.6 Å². The summed E-state index contributed by atoms with van der Waals surface area (Å²) in [6, 6.07) is 8.99. The second kappa shape index (κ2) is 6.33. The van der Waals surface area contributed by atoms with Crippen LogP contribution >= 0.6 is 0 Å². The third-order valence-electron chi connectivity index (χ3n) is 3.21. The predicted octanol–water partition coefficient (Wildman–Crippen LogP) is 2.83. The van der Waals surface area contributed by atoms with Crippen molar-refractivity contribution in [3.63, 3.8) is 0 Å². The molecule has 0 spiro atoms. The van der Waals surface area contributed by atoms with Gasteiger partial charge in [-0.3, -0.25) is 4.79 Å². The van der Waals surface area contributed by atoms with Crippen LogP contribution in [-0.2, 0) is 14.3 Å². The van der Waals surface area contributed by atoms with Gasteiger partial charge in [-0.2, -0.15) is 0 Å². The van der Waals surface area contributed by atoms with Gasteiger partial charge in [0.2, 0.25) is 5.79 Å². The summed E-state index contributed by atoms with van der Waals surface area (Å²) < 4.78 is 10.4. The fraction of sp³-hybridized carbons (Fsp3) is 0.176. The number of ketones is 1. The minimum atomic E-state index is -1.17. The van der Waals surface area contributed by atoms with E-state index in [1.807, 2.05) is 18.2 Å². The number of hydrogen-bond donors (Lipinski definition) is 0. The Morgan fingerprint density at radius 3 is 2.52 bits per heavy atom. The minimum Gasteiger partial charge on any atom is -0.426 e. The lowest BCUT2D eigenvalue weighted by Crippen LogP contribution is -2.35. The molecule has 0 heterocycles. The van der Waals surface area contributed by atoms with Crippen molar-refractivity contribution in [2.45, 2.75) is 12.2 Å². The maximum absolute atomic E-state index is 12.3. The molecule has 0 fully saturated rings. The van der Waals surface area contributed by atoms with Gasteiger partial charge in [-0.1, -0.05) is 43.0 Å². The largest absolute Gasteiger partial charge is 0.426 e. The molecule has 1 aromatic carbocycles. The van der Waals surface area contributed by atoms with Crippen LogP contribution in [0.1, 0.15) is 16.8 Å². The lowest BCUT2D eigenvalue weighted by atomic mass is 9.95. The summed E-state index contributed by atoms with van der Waals surface area (Å²) in [5.74, 6) is -1.83. The Labute approximate surface area is 123 Å². The second-order valence-corrected chi connectivity index (χ2v) is 4.53. The van der Waals surface area contributed by atoms with Crippen LogP contribution in [0, 0.1) is 0 Å². The summed E-state index contributed by atoms with van der Waals surface area (Å²) in [5, 5.41) is 0. The molecule has 0 bridgehead atoms. The van der Waals surface area contributed by atoms with E-state index in [1.165, 1.54) is 7.11 Å². The summed E-state index contributed by atoms with van der Waals surface area (Å²) in [5.41, 5.74) is 1.16. The normalized spacial score (nSPS) is 20.5. The van der Waals surface area contributed by atoms with Gasteiger partial charge in [0, 0.05) is 30.7 Å². The van der Waals surface area contributed by atoms with Crippen molar-refractivity contribution >= 4 is 11.8 Å². The zero-order valence-corrected chi connectivity index (χ0v) is 11.7. The number of Topliss-reactive ketones (excluding diaryl/α,β-unsaturated/α-hetero) is 1. The molecule has 2 rings (SSSR count). The highest BCUT2D eigenvalue weighted by Crippen LogP contribution is 2.27. The first-order valence-electron chi connectivity index (χ1n) is 6.50. The van der Waals surface area contributed by atoms with E-state index in [2.05, 4.69) is 6.58 Å². The van der Waals surface area contributed by atoms with Crippen LogP contribution < -0.4 is 0 Å². The number of hydrogen-bond acceptors (Lipinski definition) is 4. The van der Waals surface area contributed by atoms with Crippen LogP contribution in [0.5, 0.6) is 0 Å². The number of ether oxygens (including phenoxy) is 2. The quantitative estimate of drug-likeness (QED) is 0.361. The van der Waals surface area contributed by atoms with Gasteiger partial charge in [0.25, 0.3) is 0 Å². The fourth-order valence-electron chi connectivity index (χ4n) is 2.01. The molecule has 1 aromatic rings. The van der Waals surface area contributed by atoms with Crippen molar-refractivity contribution in [1.29, 1.82) is 0 Å². The maximum Gasteiger partial charge on any atom is 0.332 e. The molecule has 0 N–H and O–H groups in total. The molecule has 0 radical (unpaired) electrons. The molecule has 1 aliphatic carbocycles. The van der Waals surface area contributed by atoms with Crippen molar-refractivity contribution < 1.29 is 19.1 Å². The molecular weight excluding hydrogens is 268 g/mol. The molecule has 0 saturated carbocycles. The lowest BCUT2D eigenvalue weighted by Gasteiger charge is -2.29. The second-order valence-electron chi connectivity index (χ2n) is 4.53. The smallest absolute Gasteiger partial charge is 0.332 e. The molecule has 21 heavy (non-hydrogen) atoms. The third kappa shape index (κ3) is 3.35. The highest BCUT2D eigenvalue weighted by Gasteiger charge is 2.32. The Bertz CT molecular complexity index is 613. The zero-order valence-electron chi connectivity index (χ0n) is 11.7. The first kappa shape index (κ1) is 14.9. The molecule has 1 unspecified atom stereocenters. The van der Waals surface area contributed by atoms with E-state index in [0.717, 1.165) is 6.08 Å². The molecule has 0 saturated heterocycles. The Morgan fingerprint density at radius 1 is 1.29 bits per heavy atom. The van der Waals surface area contributed by atoms with Gasteiger partial charge in [0.05, 0.1) is 0 Å². The summed E-state index contributed by atoms with van der Waals surface area (Å²) in [6.07, 6.45) is 6.23. The Kier molecular flexibility index (Phi) is 4.50. The molecule has 1 atom stereocenters. The Morgan fingerprint density at radius 2 is 2.00 bits per heavy atom. The molecule has 4 heteroatoms. The summed E-state index contributed by atoms with van der Waals surface area (Å²) in [7, 11) is 1.44. The number of esters is 1. The van der Waals surface area contributed by atoms with Gasteiger partial charge in [-0.15, -0.1) is 0 Å². The van der Waals surface area contributed by atoms with Gasteiger partial charge in [0.15, 0.2) is 5.78 Å². The third-order valence-corrected chi connectivity index (χ3v) is 3.21. The maximum atomic E-state index is 12.3. The van der Waals surface area contributed by atoms with Gasteiger partial charge in [0.1, 0.15) is 0 Å². The van der Waals surface area contributed by atoms with E-state index in [-0.39, 0.29) is 12.2 Å². The molecule has 108 valence electrons. The van der Waals surface area contributed by atoms with Crippen molar-refractivity contribution in [3.8, 4) is 0 Å². The van der Waals surface area contributed by atoms with E-state index in [9.17, 15) is 9.59 Å². The summed E-state index contributed by atoms with van der Waals surface area (Å²) in [6.45, 7) is 3.35. The van der Waals surface area contributed by atoms with Crippen LogP contribution in [0.3, 0.4) is 0 Å². The van der Waals surface area contributed by atoms with Crippen molar-refractivity contribution in [2.24, 2.45) is 0 Å². The molecular formula is C17H16O4. The predicted molar refractivity (Wildman–Crippen MR) is 78.6 cm³/mol. The van der Waals surface area contributed by atoms with Gasteiger partial charge in [-0.25, -0.2) is 4.79 Å². The number of benzene rings is 1. The average Bonchev–Trinajstić information content (AvgIpc) is 2.55. The molecule has 1 aliphatic rings. The minimum absolute atomic E-state index is 0.0772. The van der Waals surface area contributed by atoms with E-state index < -0.39 is 11.8 Å². The summed E-state index contributed by atoms with van der Waals surface area (Å²) in [4.78, 5) is 23.6. The van der Waals surface area contributed by atoms with Crippen molar-refractivity contribution in [2.75, 3.05) is 7.11 Å². The SMILES string of the molecule is C=CC(=O)OC1(OC)C=CC(C(=O)c2ccccc2)=CC1. The van der Waals surface area contributed by atoms with Crippen LogP contribution in [0.2, 0.25) is 0 Å². The van der Waals surface area contributed by atoms with Crippen molar-refractivity contribution in [1.82, 2.24) is 0 Å².